The van der Waals surface area contributed by atoms with E-state index in [9.17, 15) is 9.59 Å². The van der Waals surface area contributed by atoms with E-state index in [1.54, 1.807) is 22.8 Å². The van der Waals surface area contributed by atoms with Crippen molar-refractivity contribution in [3.05, 3.63) is 11.9 Å². The van der Waals surface area contributed by atoms with Crippen LogP contribution in [0.15, 0.2) is 6.20 Å². The molecule has 102 valence electrons. The van der Waals surface area contributed by atoms with E-state index in [0.717, 1.165) is 13.1 Å². The second-order valence-electron chi connectivity index (χ2n) is 4.94. The Morgan fingerprint density at radius 3 is 2.84 bits per heavy atom. The Morgan fingerprint density at radius 1 is 1.42 bits per heavy atom. The summed E-state index contributed by atoms with van der Waals surface area (Å²) in [6.07, 6.45) is 1.66. The van der Waals surface area contributed by atoms with Crippen LogP contribution >= 0.6 is 0 Å². The van der Waals surface area contributed by atoms with Gasteiger partial charge in [0.05, 0.1) is 12.2 Å². The largest absolute Gasteiger partial charge is 0.342 e. The highest BCUT2D eigenvalue weighted by atomic mass is 16.2. The first-order valence-electron chi connectivity index (χ1n) is 6.31. The Labute approximate surface area is 110 Å². The maximum absolute atomic E-state index is 12.2. The Morgan fingerprint density at radius 2 is 2.21 bits per heavy atom. The second-order valence-corrected chi connectivity index (χ2v) is 4.94. The van der Waals surface area contributed by atoms with E-state index in [4.69, 9.17) is 0 Å². The molecule has 1 N–H and O–H groups in total. The van der Waals surface area contributed by atoms with Crippen LogP contribution in [0.3, 0.4) is 0 Å². The molecule has 0 spiro atoms. The summed E-state index contributed by atoms with van der Waals surface area (Å²) in [4.78, 5) is 27.0. The van der Waals surface area contributed by atoms with E-state index < -0.39 is 0 Å². The van der Waals surface area contributed by atoms with E-state index in [2.05, 4.69) is 15.6 Å². The van der Waals surface area contributed by atoms with Crippen molar-refractivity contribution in [1.82, 2.24) is 30.1 Å². The number of carbonyl (C=O) groups is 2. The average molecular weight is 264 g/mol. The molecule has 8 nitrogen and oxygen atoms in total. The summed E-state index contributed by atoms with van der Waals surface area (Å²) >= 11 is 0. The summed E-state index contributed by atoms with van der Waals surface area (Å²) < 4.78 is 1.71. The number of nitrogens with one attached hydrogen (secondary N) is 1. The van der Waals surface area contributed by atoms with Gasteiger partial charge in [-0.05, 0) is 0 Å². The van der Waals surface area contributed by atoms with Gasteiger partial charge in [0.15, 0.2) is 5.69 Å². The lowest BCUT2D eigenvalue weighted by Gasteiger charge is -2.31. The van der Waals surface area contributed by atoms with E-state index in [1.165, 1.54) is 4.90 Å². The standard InChI is InChI=1S/C11H16N6O2/c1-15-2-3-16(7-10(15)18)11(19)9-6-17(14-13-9)8-4-12-5-8/h6,8,12H,2-5,7H2,1H3. The van der Waals surface area contributed by atoms with Crippen LogP contribution in [0.5, 0.6) is 0 Å². The minimum Gasteiger partial charge on any atom is -0.342 e. The van der Waals surface area contributed by atoms with Crippen molar-refractivity contribution in [3.8, 4) is 0 Å². The molecule has 0 radical (unpaired) electrons. The van der Waals surface area contributed by atoms with E-state index in [-0.39, 0.29) is 24.4 Å². The molecule has 2 aliphatic heterocycles. The van der Waals surface area contributed by atoms with Gasteiger partial charge in [-0.3, -0.25) is 9.59 Å². The zero-order chi connectivity index (χ0) is 13.4. The summed E-state index contributed by atoms with van der Waals surface area (Å²) in [5, 5.41) is 11.0. The van der Waals surface area contributed by atoms with Gasteiger partial charge in [0.25, 0.3) is 5.91 Å². The Bertz CT molecular complexity index is 509. The Balaban J connectivity index is 1.69. The Hall–Kier alpha value is -1.96. The van der Waals surface area contributed by atoms with Gasteiger partial charge in [-0.15, -0.1) is 5.10 Å². The number of rotatable bonds is 2. The maximum Gasteiger partial charge on any atom is 0.276 e. The second kappa shape index (κ2) is 4.61. The van der Waals surface area contributed by atoms with Crippen LogP contribution in [0, 0.1) is 0 Å². The van der Waals surface area contributed by atoms with Crippen LogP contribution in [0.1, 0.15) is 16.5 Å². The van der Waals surface area contributed by atoms with Crippen molar-refractivity contribution in [2.24, 2.45) is 0 Å². The quantitative estimate of drug-likeness (QED) is 0.691. The third-order valence-corrected chi connectivity index (χ3v) is 3.61. The summed E-state index contributed by atoms with van der Waals surface area (Å²) in [5.41, 5.74) is 0.309. The number of likely N-dealkylation sites (N-methyl/N-ethyl adjacent to an activating group) is 1. The number of carbonyl (C=O) groups excluding carboxylic acids is 2. The van der Waals surface area contributed by atoms with Crippen LogP contribution in [0.4, 0.5) is 0 Å². The zero-order valence-electron chi connectivity index (χ0n) is 10.7. The normalized spacial score (nSPS) is 20.6. The van der Waals surface area contributed by atoms with Gasteiger partial charge in [-0.1, -0.05) is 5.21 Å². The average Bonchev–Trinajstić information content (AvgIpc) is 2.79. The minimum atomic E-state index is -0.222. The van der Waals surface area contributed by atoms with Gasteiger partial charge in [0.2, 0.25) is 5.91 Å². The SMILES string of the molecule is CN1CCN(C(=O)c2cn(C3CNC3)nn2)CC1=O. The fourth-order valence-electron chi connectivity index (χ4n) is 2.11. The first-order valence-corrected chi connectivity index (χ1v) is 6.31. The molecule has 2 aliphatic rings. The van der Waals surface area contributed by atoms with Crippen molar-refractivity contribution in [2.75, 3.05) is 39.8 Å². The molecule has 3 heterocycles. The summed E-state index contributed by atoms with van der Waals surface area (Å²) in [6.45, 7) is 2.92. The molecule has 0 unspecified atom stereocenters. The Kier molecular flexibility index (Phi) is 2.94. The molecule has 19 heavy (non-hydrogen) atoms. The van der Waals surface area contributed by atoms with Crippen molar-refractivity contribution in [1.29, 1.82) is 0 Å². The monoisotopic (exact) mass is 264 g/mol. The van der Waals surface area contributed by atoms with Crippen LogP contribution in [-0.4, -0.2) is 76.4 Å². The molecule has 0 bridgehead atoms. The molecule has 0 saturated carbocycles. The highest BCUT2D eigenvalue weighted by molar-refractivity contribution is 5.95. The molecule has 8 heteroatoms. The van der Waals surface area contributed by atoms with Crippen LogP contribution in [0.25, 0.3) is 0 Å². The topological polar surface area (TPSA) is 83.4 Å². The van der Waals surface area contributed by atoms with Gasteiger partial charge in [0, 0.05) is 33.2 Å². The van der Waals surface area contributed by atoms with E-state index >= 15 is 0 Å². The van der Waals surface area contributed by atoms with Crippen LogP contribution in [0.2, 0.25) is 0 Å². The molecule has 0 atom stereocenters. The number of aromatic nitrogens is 3. The molecule has 1 aromatic heterocycles. The zero-order valence-corrected chi connectivity index (χ0v) is 10.7. The molecular formula is C11H16N6O2. The smallest absolute Gasteiger partial charge is 0.276 e. The lowest BCUT2D eigenvalue weighted by atomic mass is 10.2. The third kappa shape index (κ3) is 2.19. The van der Waals surface area contributed by atoms with Gasteiger partial charge in [-0.25, -0.2) is 4.68 Å². The number of amides is 2. The number of nitrogens with zero attached hydrogens (tertiary/aromatic N) is 5. The molecule has 2 saturated heterocycles. The van der Waals surface area contributed by atoms with Gasteiger partial charge < -0.3 is 15.1 Å². The molecule has 0 aliphatic carbocycles. The molecule has 0 aromatic carbocycles. The van der Waals surface area contributed by atoms with Crippen LogP contribution < -0.4 is 5.32 Å². The highest BCUT2D eigenvalue weighted by Gasteiger charge is 2.28. The van der Waals surface area contributed by atoms with Gasteiger partial charge in [0.1, 0.15) is 6.54 Å². The summed E-state index contributed by atoms with van der Waals surface area (Å²) in [6, 6.07) is 0.281. The third-order valence-electron chi connectivity index (χ3n) is 3.61. The first-order chi connectivity index (χ1) is 9.15. The highest BCUT2D eigenvalue weighted by Crippen LogP contribution is 2.12. The number of hydrogen-bond acceptors (Lipinski definition) is 5. The molecule has 2 amide bonds. The fourth-order valence-corrected chi connectivity index (χ4v) is 2.11. The maximum atomic E-state index is 12.2. The summed E-state index contributed by atoms with van der Waals surface area (Å²) in [7, 11) is 1.74. The molecule has 3 rings (SSSR count). The minimum absolute atomic E-state index is 0.0461. The number of piperazine rings is 1. The predicted octanol–water partition coefficient (Wildman–Crippen LogP) is -1.66. The van der Waals surface area contributed by atoms with E-state index in [1.807, 2.05) is 0 Å². The molecule has 2 fully saturated rings. The lowest BCUT2D eigenvalue weighted by molar-refractivity contribution is -0.133. The fraction of sp³-hybridized carbons (Fsp3) is 0.636. The van der Waals surface area contributed by atoms with Crippen molar-refractivity contribution in [2.45, 2.75) is 6.04 Å². The van der Waals surface area contributed by atoms with Gasteiger partial charge >= 0.3 is 0 Å². The van der Waals surface area contributed by atoms with E-state index in [0.29, 0.717) is 18.8 Å². The van der Waals surface area contributed by atoms with Crippen molar-refractivity contribution >= 4 is 11.8 Å². The lowest BCUT2D eigenvalue weighted by Crippen LogP contribution is -2.50. The summed E-state index contributed by atoms with van der Waals surface area (Å²) in [5.74, 6) is -0.268. The first kappa shape index (κ1) is 12.1. The number of hydrogen-bond donors (Lipinski definition) is 1. The molecule has 1 aromatic rings. The van der Waals surface area contributed by atoms with Crippen molar-refractivity contribution < 1.29 is 9.59 Å². The van der Waals surface area contributed by atoms with Crippen LogP contribution in [-0.2, 0) is 4.79 Å². The predicted molar refractivity (Wildman–Crippen MR) is 65.5 cm³/mol. The van der Waals surface area contributed by atoms with Gasteiger partial charge in [-0.2, -0.15) is 0 Å². The van der Waals surface area contributed by atoms with Crippen molar-refractivity contribution in [3.63, 3.8) is 0 Å². The molecular weight excluding hydrogens is 248 g/mol.